The number of rotatable bonds is 1. The summed E-state index contributed by atoms with van der Waals surface area (Å²) in [5.41, 5.74) is 5.38. The van der Waals surface area contributed by atoms with E-state index in [1.807, 2.05) is 0 Å². The molecule has 1 aromatic heterocycles. The predicted octanol–water partition coefficient (Wildman–Crippen LogP) is -0.844. The first-order chi connectivity index (χ1) is 6.66. The summed E-state index contributed by atoms with van der Waals surface area (Å²) in [7, 11) is 0. The zero-order chi connectivity index (χ0) is 10.1. The summed E-state index contributed by atoms with van der Waals surface area (Å²) in [6, 6.07) is 1.59. The molecular weight excluding hydrogens is 184 g/mol. The fourth-order valence-electron chi connectivity index (χ4n) is 1.42. The van der Waals surface area contributed by atoms with E-state index in [4.69, 9.17) is 5.73 Å². The average molecular weight is 194 g/mol. The molecule has 14 heavy (non-hydrogen) atoms. The summed E-state index contributed by atoms with van der Waals surface area (Å²) >= 11 is 0. The van der Waals surface area contributed by atoms with Crippen LogP contribution in [0.3, 0.4) is 0 Å². The first-order valence-electron chi connectivity index (χ1n) is 4.24. The molecule has 6 nitrogen and oxygen atoms in total. The Hall–Kier alpha value is -1.69. The van der Waals surface area contributed by atoms with E-state index < -0.39 is 6.10 Å². The Balaban J connectivity index is 2.27. The van der Waals surface area contributed by atoms with Crippen molar-refractivity contribution in [3.05, 3.63) is 12.3 Å². The molecule has 1 aliphatic heterocycles. The number of nitrogens with zero attached hydrogens (tertiary/aromatic N) is 3. The molecule has 1 amide bonds. The molecule has 0 aromatic carbocycles. The first kappa shape index (κ1) is 8.89. The smallest absolute Gasteiger partial charge is 0.230 e. The standard InChI is InChI=1S/C8H10N4O2/c9-8-10-2-1-6(11-8)12-4-5(13)3-7(12)14/h1-2,5,13H,3-4H2,(H2,9,10,11). The monoisotopic (exact) mass is 194 g/mol. The topological polar surface area (TPSA) is 92.3 Å². The average Bonchev–Trinajstić information content (AvgIpc) is 2.45. The summed E-state index contributed by atoms with van der Waals surface area (Å²) in [5.74, 6) is 0.423. The lowest BCUT2D eigenvalue weighted by atomic mass is 10.3. The van der Waals surface area contributed by atoms with E-state index in [-0.39, 0.29) is 24.8 Å². The lowest BCUT2D eigenvalue weighted by Crippen LogP contribution is -2.26. The Bertz CT molecular complexity index is 368. The molecule has 1 saturated heterocycles. The van der Waals surface area contributed by atoms with E-state index in [0.29, 0.717) is 5.82 Å². The number of hydrogen-bond acceptors (Lipinski definition) is 5. The highest BCUT2D eigenvalue weighted by Crippen LogP contribution is 2.18. The molecule has 0 spiro atoms. The zero-order valence-corrected chi connectivity index (χ0v) is 7.42. The first-order valence-corrected chi connectivity index (χ1v) is 4.24. The van der Waals surface area contributed by atoms with Gasteiger partial charge in [0.25, 0.3) is 0 Å². The number of carbonyl (C=O) groups excluding carboxylic acids is 1. The third-order valence-electron chi connectivity index (χ3n) is 2.04. The maximum atomic E-state index is 11.4. The van der Waals surface area contributed by atoms with E-state index in [0.717, 1.165) is 0 Å². The Morgan fingerprint density at radius 1 is 1.64 bits per heavy atom. The van der Waals surface area contributed by atoms with E-state index in [9.17, 15) is 9.90 Å². The van der Waals surface area contributed by atoms with Crippen LogP contribution in [-0.2, 0) is 4.79 Å². The molecule has 0 aliphatic carbocycles. The number of amides is 1. The van der Waals surface area contributed by atoms with Gasteiger partial charge in [-0.3, -0.25) is 9.69 Å². The molecule has 1 fully saturated rings. The predicted molar refractivity (Wildman–Crippen MR) is 49.4 cm³/mol. The second kappa shape index (κ2) is 3.22. The van der Waals surface area contributed by atoms with Crippen molar-refractivity contribution in [3.8, 4) is 0 Å². The van der Waals surface area contributed by atoms with Gasteiger partial charge in [-0.05, 0) is 6.07 Å². The summed E-state index contributed by atoms with van der Waals surface area (Å²) in [5, 5.41) is 9.26. The number of nitrogens with two attached hydrogens (primary N) is 1. The Kier molecular flexibility index (Phi) is 2.05. The van der Waals surface area contributed by atoms with Gasteiger partial charge in [-0.25, -0.2) is 4.98 Å². The SMILES string of the molecule is Nc1nccc(N2CC(O)CC2=O)n1. The molecule has 2 heterocycles. The number of β-amino-alcohol motifs (C(OH)–C–C–N with tert-alkyl or cyclic N) is 1. The van der Waals surface area contributed by atoms with Crippen LogP contribution >= 0.6 is 0 Å². The second-order valence-corrected chi connectivity index (χ2v) is 3.14. The van der Waals surface area contributed by atoms with Crippen LogP contribution < -0.4 is 10.6 Å². The van der Waals surface area contributed by atoms with Crippen LogP contribution in [0.1, 0.15) is 6.42 Å². The summed E-state index contributed by atoms with van der Waals surface area (Å²) in [4.78, 5) is 20.4. The van der Waals surface area contributed by atoms with Gasteiger partial charge in [-0.1, -0.05) is 0 Å². The number of nitrogen functional groups attached to an aromatic ring is 1. The third kappa shape index (κ3) is 1.51. The highest BCUT2D eigenvalue weighted by molar-refractivity contribution is 5.95. The summed E-state index contributed by atoms with van der Waals surface area (Å²) in [6.45, 7) is 0.273. The van der Waals surface area contributed by atoms with Crippen molar-refractivity contribution in [3.63, 3.8) is 0 Å². The largest absolute Gasteiger partial charge is 0.391 e. The minimum absolute atomic E-state index is 0.122. The van der Waals surface area contributed by atoms with Gasteiger partial charge in [0.15, 0.2) is 0 Å². The van der Waals surface area contributed by atoms with Gasteiger partial charge in [-0.2, -0.15) is 4.98 Å². The Morgan fingerprint density at radius 3 is 3.00 bits per heavy atom. The molecule has 0 saturated carbocycles. The number of carbonyl (C=O) groups is 1. The highest BCUT2D eigenvalue weighted by Gasteiger charge is 2.29. The third-order valence-corrected chi connectivity index (χ3v) is 2.04. The van der Waals surface area contributed by atoms with Crippen molar-refractivity contribution in [2.45, 2.75) is 12.5 Å². The summed E-state index contributed by atoms with van der Waals surface area (Å²) < 4.78 is 0. The molecule has 6 heteroatoms. The van der Waals surface area contributed by atoms with Gasteiger partial charge in [0.05, 0.1) is 19.1 Å². The van der Waals surface area contributed by atoms with Crippen LogP contribution in [-0.4, -0.2) is 33.6 Å². The van der Waals surface area contributed by atoms with E-state index in [1.165, 1.54) is 11.1 Å². The Labute approximate surface area is 80.4 Å². The minimum atomic E-state index is -0.612. The molecule has 1 atom stereocenters. The zero-order valence-electron chi connectivity index (χ0n) is 7.42. The minimum Gasteiger partial charge on any atom is -0.391 e. The van der Waals surface area contributed by atoms with Crippen LogP contribution in [0.2, 0.25) is 0 Å². The van der Waals surface area contributed by atoms with E-state index in [2.05, 4.69) is 9.97 Å². The van der Waals surface area contributed by atoms with Gasteiger partial charge >= 0.3 is 0 Å². The molecule has 3 N–H and O–H groups in total. The van der Waals surface area contributed by atoms with E-state index >= 15 is 0 Å². The number of hydrogen-bond donors (Lipinski definition) is 2. The molecule has 1 aliphatic rings. The van der Waals surface area contributed by atoms with Gasteiger partial charge in [0, 0.05) is 6.20 Å². The van der Waals surface area contributed by atoms with Crippen molar-refractivity contribution in [1.82, 2.24) is 9.97 Å². The molecule has 0 bridgehead atoms. The van der Waals surface area contributed by atoms with E-state index in [1.54, 1.807) is 6.07 Å². The molecule has 0 radical (unpaired) electrons. The number of anilines is 2. The van der Waals surface area contributed by atoms with Gasteiger partial charge < -0.3 is 10.8 Å². The quantitative estimate of drug-likeness (QED) is 0.608. The van der Waals surface area contributed by atoms with Crippen molar-refractivity contribution >= 4 is 17.7 Å². The molecule has 1 aromatic rings. The Morgan fingerprint density at radius 2 is 2.43 bits per heavy atom. The van der Waals surface area contributed by atoms with Crippen molar-refractivity contribution in [2.24, 2.45) is 0 Å². The molecule has 2 rings (SSSR count). The lowest BCUT2D eigenvalue weighted by molar-refractivity contribution is -0.117. The number of aliphatic hydroxyl groups is 1. The van der Waals surface area contributed by atoms with Crippen molar-refractivity contribution in [1.29, 1.82) is 0 Å². The maximum Gasteiger partial charge on any atom is 0.230 e. The van der Waals surface area contributed by atoms with Crippen LogP contribution in [0.5, 0.6) is 0 Å². The second-order valence-electron chi connectivity index (χ2n) is 3.14. The van der Waals surface area contributed by atoms with Crippen molar-refractivity contribution in [2.75, 3.05) is 17.2 Å². The molecule has 1 unspecified atom stereocenters. The normalized spacial score (nSPS) is 21.6. The van der Waals surface area contributed by atoms with Crippen LogP contribution in [0.15, 0.2) is 12.3 Å². The fourth-order valence-corrected chi connectivity index (χ4v) is 1.42. The van der Waals surface area contributed by atoms with Gasteiger partial charge in [-0.15, -0.1) is 0 Å². The van der Waals surface area contributed by atoms with Crippen LogP contribution in [0, 0.1) is 0 Å². The summed E-state index contributed by atoms with van der Waals surface area (Å²) in [6.07, 6.45) is 1.01. The lowest BCUT2D eigenvalue weighted by Gasteiger charge is -2.13. The number of aromatic nitrogens is 2. The maximum absolute atomic E-state index is 11.4. The van der Waals surface area contributed by atoms with Crippen molar-refractivity contribution < 1.29 is 9.90 Å². The van der Waals surface area contributed by atoms with Crippen LogP contribution in [0.4, 0.5) is 11.8 Å². The number of aliphatic hydroxyl groups excluding tert-OH is 1. The van der Waals surface area contributed by atoms with Crippen LogP contribution in [0.25, 0.3) is 0 Å². The molecule has 74 valence electrons. The fraction of sp³-hybridized carbons (Fsp3) is 0.375. The highest BCUT2D eigenvalue weighted by atomic mass is 16.3. The molecular formula is C8H10N4O2. The van der Waals surface area contributed by atoms with Gasteiger partial charge in [0.2, 0.25) is 11.9 Å². The van der Waals surface area contributed by atoms with Gasteiger partial charge in [0.1, 0.15) is 5.82 Å².